The van der Waals surface area contributed by atoms with Crippen molar-refractivity contribution >= 4 is 10.6 Å². The second kappa shape index (κ2) is 4.81. The number of benzene rings is 1. The quantitative estimate of drug-likeness (QED) is 0.337. The monoisotopic (exact) mass is 157 g/mol. The molecule has 0 aliphatic rings. The van der Waals surface area contributed by atoms with Gasteiger partial charge < -0.3 is 14.3 Å². The fourth-order valence-corrected chi connectivity index (χ4v) is 0.464. The molecule has 1 aromatic carbocycles. The van der Waals surface area contributed by atoms with Crippen LogP contribution in [0.4, 0.5) is 4.11 Å². The van der Waals surface area contributed by atoms with Gasteiger partial charge >= 0.3 is 10.6 Å². The molecular weight excluding hydrogens is 151 g/mol. The molecule has 0 spiro atoms. The average Bonchev–Trinajstić information content (AvgIpc) is 2.00. The molecule has 0 aromatic heterocycles. The van der Waals surface area contributed by atoms with Crippen molar-refractivity contribution in [1.82, 2.24) is 0 Å². The Hall–Kier alpha value is -1.03. The normalized spacial score (nSPS) is 7.80. The molecule has 0 unspecified atom stereocenters. The molecule has 1 rings (SSSR count). The number of rotatable bonds is 0. The minimum absolute atomic E-state index is 0.0764. The third kappa shape index (κ3) is 2.50. The van der Waals surface area contributed by atoms with Crippen LogP contribution in [0, 0.1) is 0 Å². The zero-order chi connectivity index (χ0) is 7.98. The summed E-state index contributed by atoms with van der Waals surface area (Å²) in [4.78, 5) is 0. The third-order valence-corrected chi connectivity index (χ3v) is 0.882. The molecule has 0 amide bonds. The summed E-state index contributed by atoms with van der Waals surface area (Å²) in [6.07, 6.45) is 0. The Morgan fingerprint density at radius 3 is 1.50 bits per heavy atom. The van der Waals surface area contributed by atoms with Gasteiger partial charge in [-0.2, -0.15) is 0 Å². The number of para-hydroxylation sites is 2. The van der Waals surface area contributed by atoms with E-state index < -0.39 is 0 Å². The summed E-state index contributed by atoms with van der Waals surface area (Å²) in [5, 5.41) is 17.3. The fourth-order valence-electron chi connectivity index (χ4n) is 0.464. The largest absolute Gasteiger partial charge is 0.504 e. The van der Waals surface area contributed by atoms with Gasteiger partial charge in [-0.15, -0.1) is 0 Å². The molecule has 2 nitrogen and oxygen atoms in total. The third-order valence-electron chi connectivity index (χ3n) is 0.882. The van der Waals surface area contributed by atoms with Gasteiger partial charge in [0.05, 0.1) is 0 Å². The molecule has 0 fully saturated rings. The van der Waals surface area contributed by atoms with Gasteiger partial charge in [0.25, 0.3) is 0 Å². The van der Waals surface area contributed by atoms with Crippen molar-refractivity contribution in [2.45, 2.75) is 0 Å². The molecule has 0 heterocycles. The Labute approximate surface area is 61.5 Å². The van der Waals surface area contributed by atoms with Crippen molar-refractivity contribution in [3.63, 3.8) is 0 Å². The van der Waals surface area contributed by atoms with E-state index in [0.717, 1.165) is 0 Å². The van der Waals surface area contributed by atoms with Crippen LogP contribution in [0.25, 0.3) is 0 Å². The predicted molar refractivity (Wildman–Crippen MR) is 36.6 cm³/mol. The SMILES string of the molecule is F[Si].Oc1ccccc1O. The Balaban J connectivity index is 0.000000371. The van der Waals surface area contributed by atoms with Crippen LogP contribution in [-0.4, -0.2) is 20.8 Å². The van der Waals surface area contributed by atoms with Crippen LogP contribution < -0.4 is 0 Å². The standard InChI is InChI=1S/C6H6O2.FSi/c7-5-3-1-2-4-6(5)8;1-2/h1-4,7-8H;. The number of hydrogen-bond acceptors (Lipinski definition) is 2. The molecule has 10 heavy (non-hydrogen) atoms. The second-order valence-electron chi connectivity index (χ2n) is 1.49. The lowest BCUT2D eigenvalue weighted by Gasteiger charge is -1.91. The summed E-state index contributed by atoms with van der Waals surface area (Å²) < 4.78 is 9.31. The summed E-state index contributed by atoms with van der Waals surface area (Å²) in [5.41, 5.74) is 0. The number of phenols is 2. The van der Waals surface area contributed by atoms with Gasteiger partial charge in [-0.3, -0.25) is 0 Å². The predicted octanol–water partition coefficient (Wildman–Crippen LogP) is 1.14. The first kappa shape index (κ1) is 8.97. The number of phenolic OH excluding ortho intramolecular Hbond substituents is 2. The average molecular weight is 157 g/mol. The highest BCUT2D eigenvalue weighted by Crippen LogP contribution is 2.21. The highest BCUT2D eigenvalue weighted by Gasteiger charge is 1.90. The number of aromatic hydroxyl groups is 2. The maximum Gasteiger partial charge on any atom is 0.316 e. The first-order valence-electron chi connectivity index (χ1n) is 2.46. The molecule has 0 saturated heterocycles. The highest BCUT2D eigenvalue weighted by molar-refractivity contribution is 5.96. The van der Waals surface area contributed by atoms with Crippen molar-refractivity contribution in [1.29, 1.82) is 0 Å². The number of halogens is 1. The van der Waals surface area contributed by atoms with E-state index in [2.05, 4.69) is 0 Å². The molecule has 0 saturated carbocycles. The van der Waals surface area contributed by atoms with Crippen molar-refractivity contribution in [2.75, 3.05) is 0 Å². The van der Waals surface area contributed by atoms with Crippen LogP contribution in [0.3, 0.4) is 0 Å². The topological polar surface area (TPSA) is 40.5 Å². The lowest BCUT2D eigenvalue weighted by molar-refractivity contribution is 0.404. The maximum atomic E-state index is 9.31. The van der Waals surface area contributed by atoms with E-state index in [1.165, 1.54) is 22.7 Å². The Bertz CT molecular complexity index is 172. The molecule has 0 aliphatic carbocycles. The van der Waals surface area contributed by atoms with E-state index in [-0.39, 0.29) is 11.5 Å². The van der Waals surface area contributed by atoms with Gasteiger partial charge in [0, 0.05) is 0 Å². The second-order valence-corrected chi connectivity index (χ2v) is 1.49. The van der Waals surface area contributed by atoms with Crippen LogP contribution in [-0.2, 0) is 0 Å². The van der Waals surface area contributed by atoms with E-state index in [9.17, 15) is 4.11 Å². The van der Waals surface area contributed by atoms with Crippen LogP contribution >= 0.6 is 0 Å². The first-order chi connectivity index (χ1) is 4.80. The van der Waals surface area contributed by atoms with E-state index in [1.54, 1.807) is 12.1 Å². The summed E-state index contributed by atoms with van der Waals surface area (Å²) in [5.74, 6) is -0.153. The summed E-state index contributed by atoms with van der Waals surface area (Å²) in [7, 11) is 1.47. The van der Waals surface area contributed by atoms with E-state index >= 15 is 0 Å². The molecule has 53 valence electrons. The lowest BCUT2D eigenvalue weighted by atomic mass is 10.3. The fraction of sp³-hybridized carbons (Fsp3) is 0. The zero-order valence-corrected chi connectivity index (χ0v) is 6.08. The number of hydrogen-bond donors (Lipinski definition) is 2. The summed E-state index contributed by atoms with van der Waals surface area (Å²) in [6, 6.07) is 6.15. The van der Waals surface area contributed by atoms with Crippen LogP contribution in [0.2, 0.25) is 0 Å². The highest BCUT2D eigenvalue weighted by atomic mass is 28.2. The molecule has 2 N–H and O–H groups in total. The zero-order valence-electron chi connectivity index (χ0n) is 5.08. The Kier molecular flexibility index (Phi) is 4.31. The minimum atomic E-state index is -0.0764. The van der Waals surface area contributed by atoms with Crippen LogP contribution in [0.1, 0.15) is 0 Å². The Morgan fingerprint density at radius 2 is 1.30 bits per heavy atom. The lowest BCUT2D eigenvalue weighted by Crippen LogP contribution is -1.63. The van der Waals surface area contributed by atoms with Gasteiger partial charge in [-0.25, -0.2) is 0 Å². The van der Waals surface area contributed by atoms with E-state index in [1.807, 2.05) is 0 Å². The maximum absolute atomic E-state index is 9.31. The van der Waals surface area contributed by atoms with Crippen LogP contribution in [0.15, 0.2) is 24.3 Å². The van der Waals surface area contributed by atoms with Crippen LogP contribution in [0.5, 0.6) is 11.5 Å². The van der Waals surface area contributed by atoms with Gasteiger partial charge in [0.2, 0.25) is 0 Å². The first-order valence-corrected chi connectivity index (χ1v) is 2.84. The molecule has 0 bridgehead atoms. The molecular formula is C6H6FO2Si. The van der Waals surface area contributed by atoms with Crippen molar-refractivity contribution < 1.29 is 14.3 Å². The van der Waals surface area contributed by atoms with E-state index in [0.29, 0.717) is 0 Å². The van der Waals surface area contributed by atoms with Gasteiger partial charge in [0.15, 0.2) is 11.5 Å². The summed E-state index contributed by atoms with van der Waals surface area (Å²) >= 11 is 0. The molecule has 3 radical (unpaired) electrons. The minimum Gasteiger partial charge on any atom is -0.504 e. The molecule has 0 atom stereocenters. The van der Waals surface area contributed by atoms with E-state index in [4.69, 9.17) is 10.2 Å². The van der Waals surface area contributed by atoms with Crippen molar-refractivity contribution in [2.24, 2.45) is 0 Å². The Morgan fingerprint density at radius 1 is 1.00 bits per heavy atom. The molecule has 4 heteroatoms. The molecule has 0 aliphatic heterocycles. The van der Waals surface area contributed by atoms with Gasteiger partial charge in [-0.1, -0.05) is 12.1 Å². The van der Waals surface area contributed by atoms with Gasteiger partial charge in [-0.05, 0) is 12.1 Å². The summed E-state index contributed by atoms with van der Waals surface area (Å²) in [6.45, 7) is 0. The van der Waals surface area contributed by atoms with Gasteiger partial charge in [0.1, 0.15) is 0 Å². The van der Waals surface area contributed by atoms with Crippen molar-refractivity contribution in [3.8, 4) is 11.5 Å². The van der Waals surface area contributed by atoms with Crippen molar-refractivity contribution in [3.05, 3.63) is 24.3 Å². The smallest absolute Gasteiger partial charge is 0.316 e. The molecule has 1 aromatic rings.